The van der Waals surface area contributed by atoms with Crippen molar-refractivity contribution in [2.24, 2.45) is 5.73 Å². The predicted octanol–water partition coefficient (Wildman–Crippen LogP) is 4.63. The van der Waals surface area contributed by atoms with Crippen molar-refractivity contribution in [2.45, 2.75) is 39.3 Å². The number of hydrogen-bond donors (Lipinski definition) is 1. The van der Waals surface area contributed by atoms with Gasteiger partial charge < -0.3 is 10.5 Å². The minimum absolute atomic E-state index is 0.0656. The summed E-state index contributed by atoms with van der Waals surface area (Å²) in [5.41, 5.74) is 7.95. The quantitative estimate of drug-likeness (QED) is 0.851. The summed E-state index contributed by atoms with van der Waals surface area (Å²) in [5.74, 6) is 1.28. The molecule has 5 heteroatoms. The molecule has 0 radical (unpaired) electrons. The van der Waals surface area contributed by atoms with Gasteiger partial charge in [0, 0.05) is 27.4 Å². The van der Waals surface area contributed by atoms with Crippen molar-refractivity contribution in [3.8, 4) is 5.75 Å². The molecule has 2 N–H and O–H groups in total. The van der Waals surface area contributed by atoms with Crippen molar-refractivity contribution in [3.05, 3.63) is 44.3 Å². The van der Waals surface area contributed by atoms with Crippen LogP contribution in [0.15, 0.2) is 28.1 Å². The molecular formula is C15H19BrN2OS. The first-order chi connectivity index (χ1) is 9.47. The molecule has 1 aromatic heterocycles. The first kappa shape index (κ1) is 15.5. The summed E-state index contributed by atoms with van der Waals surface area (Å²) in [6, 6.07) is 5.84. The zero-order chi connectivity index (χ0) is 14.7. The third kappa shape index (κ3) is 3.81. The molecule has 0 saturated carbocycles. The fourth-order valence-electron chi connectivity index (χ4n) is 1.81. The van der Waals surface area contributed by atoms with Crippen LogP contribution in [0.3, 0.4) is 0 Å². The Hall–Kier alpha value is -0.910. The van der Waals surface area contributed by atoms with Crippen LogP contribution in [0.1, 0.15) is 49.0 Å². The van der Waals surface area contributed by atoms with E-state index in [0.717, 1.165) is 26.5 Å². The number of nitrogens with zero attached hydrogens (tertiary/aromatic N) is 1. The van der Waals surface area contributed by atoms with Crippen LogP contribution in [0.5, 0.6) is 5.75 Å². The average Bonchev–Trinajstić information content (AvgIpc) is 2.86. The summed E-state index contributed by atoms with van der Waals surface area (Å²) in [4.78, 5) is 4.57. The molecule has 0 saturated heterocycles. The lowest BCUT2D eigenvalue weighted by Crippen LogP contribution is -2.08. The van der Waals surface area contributed by atoms with Crippen LogP contribution in [0.2, 0.25) is 0 Å². The van der Waals surface area contributed by atoms with Gasteiger partial charge in [-0.05, 0) is 25.1 Å². The van der Waals surface area contributed by atoms with Gasteiger partial charge in [-0.3, -0.25) is 0 Å². The van der Waals surface area contributed by atoms with Crippen LogP contribution in [0.25, 0.3) is 0 Å². The SMILES string of the molecule is CC(C)c1nc(COc2ccc(Br)cc2[C@@H](C)N)cs1. The van der Waals surface area contributed by atoms with Crippen molar-refractivity contribution in [2.75, 3.05) is 0 Å². The molecule has 0 aliphatic carbocycles. The van der Waals surface area contributed by atoms with E-state index in [2.05, 4.69) is 40.1 Å². The maximum Gasteiger partial charge on any atom is 0.131 e. The van der Waals surface area contributed by atoms with Gasteiger partial charge in [0.2, 0.25) is 0 Å². The predicted molar refractivity (Wildman–Crippen MR) is 87.3 cm³/mol. The highest BCUT2D eigenvalue weighted by Crippen LogP contribution is 2.28. The van der Waals surface area contributed by atoms with Crippen molar-refractivity contribution >= 4 is 27.3 Å². The molecule has 2 rings (SSSR count). The minimum Gasteiger partial charge on any atom is -0.487 e. The zero-order valence-electron chi connectivity index (χ0n) is 11.9. The molecular weight excluding hydrogens is 336 g/mol. The minimum atomic E-state index is -0.0656. The second-order valence-electron chi connectivity index (χ2n) is 5.09. The van der Waals surface area contributed by atoms with E-state index in [1.54, 1.807) is 11.3 Å². The number of halogens is 1. The van der Waals surface area contributed by atoms with Gasteiger partial charge in [-0.1, -0.05) is 29.8 Å². The van der Waals surface area contributed by atoms with Crippen LogP contribution >= 0.6 is 27.3 Å². The lowest BCUT2D eigenvalue weighted by Gasteiger charge is -2.13. The molecule has 1 atom stereocenters. The van der Waals surface area contributed by atoms with E-state index in [1.807, 2.05) is 25.1 Å². The van der Waals surface area contributed by atoms with E-state index in [9.17, 15) is 0 Å². The van der Waals surface area contributed by atoms with E-state index in [-0.39, 0.29) is 6.04 Å². The van der Waals surface area contributed by atoms with Gasteiger partial charge in [0.25, 0.3) is 0 Å². The summed E-state index contributed by atoms with van der Waals surface area (Å²) >= 11 is 5.14. The van der Waals surface area contributed by atoms with E-state index in [4.69, 9.17) is 10.5 Å². The Bertz CT molecular complexity index is 581. The van der Waals surface area contributed by atoms with Crippen LogP contribution in [0, 0.1) is 0 Å². The molecule has 108 valence electrons. The standard InChI is InChI=1S/C15H19BrN2OS/c1-9(2)15-18-12(8-20-15)7-19-14-5-4-11(16)6-13(14)10(3)17/h4-6,8-10H,7,17H2,1-3H3/t10-/m1/s1. The second-order valence-corrected chi connectivity index (χ2v) is 6.90. The Balaban J connectivity index is 2.10. The largest absolute Gasteiger partial charge is 0.487 e. The van der Waals surface area contributed by atoms with E-state index < -0.39 is 0 Å². The molecule has 0 fully saturated rings. The Morgan fingerprint density at radius 1 is 1.35 bits per heavy atom. The van der Waals surface area contributed by atoms with Gasteiger partial charge in [0.15, 0.2) is 0 Å². The third-order valence-corrected chi connectivity index (χ3v) is 4.59. The molecule has 3 nitrogen and oxygen atoms in total. The second kappa shape index (κ2) is 6.70. The third-order valence-electron chi connectivity index (χ3n) is 2.90. The zero-order valence-corrected chi connectivity index (χ0v) is 14.3. The van der Waals surface area contributed by atoms with Crippen LogP contribution in [0.4, 0.5) is 0 Å². The average molecular weight is 355 g/mol. The molecule has 0 bridgehead atoms. The van der Waals surface area contributed by atoms with E-state index in [0.29, 0.717) is 12.5 Å². The number of hydrogen-bond acceptors (Lipinski definition) is 4. The van der Waals surface area contributed by atoms with Crippen LogP contribution < -0.4 is 10.5 Å². The molecule has 0 aliphatic heterocycles. The summed E-state index contributed by atoms with van der Waals surface area (Å²) in [6.45, 7) is 6.72. The van der Waals surface area contributed by atoms with Gasteiger partial charge in [-0.15, -0.1) is 11.3 Å². The highest BCUT2D eigenvalue weighted by Gasteiger charge is 2.11. The Morgan fingerprint density at radius 2 is 2.10 bits per heavy atom. The molecule has 0 amide bonds. The van der Waals surface area contributed by atoms with Crippen molar-refractivity contribution < 1.29 is 4.74 Å². The van der Waals surface area contributed by atoms with Crippen molar-refractivity contribution in [1.29, 1.82) is 0 Å². The van der Waals surface area contributed by atoms with Gasteiger partial charge in [-0.2, -0.15) is 0 Å². The molecule has 0 unspecified atom stereocenters. The Labute approximate surface area is 132 Å². The highest BCUT2D eigenvalue weighted by atomic mass is 79.9. The first-order valence-electron chi connectivity index (χ1n) is 6.59. The maximum atomic E-state index is 5.98. The molecule has 0 spiro atoms. The summed E-state index contributed by atoms with van der Waals surface area (Å²) in [7, 11) is 0. The lowest BCUT2D eigenvalue weighted by molar-refractivity contribution is 0.297. The molecule has 1 heterocycles. The van der Waals surface area contributed by atoms with Crippen LogP contribution in [-0.2, 0) is 6.61 Å². The molecule has 2 aromatic rings. The first-order valence-corrected chi connectivity index (χ1v) is 8.26. The van der Waals surface area contributed by atoms with Crippen LogP contribution in [-0.4, -0.2) is 4.98 Å². The number of aromatic nitrogens is 1. The topological polar surface area (TPSA) is 48.1 Å². The van der Waals surface area contributed by atoms with Crippen molar-refractivity contribution in [1.82, 2.24) is 4.98 Å². The maximum absolute atomic E-state index is 5.98. The van der Waals surface area contributed by atoms with Gasteiger partial charge >= 0.3 is 0 Å². The highest BCUT2D eigenvalue weighted by molar-refractivity contribution is 9.10. The Morgan fingerprint density at radius 3 is 2.70 bits per heavy atom. The van der Waals surface area contributed by atoms with Crippen molar-refractivity contribution in [3.63, 3.8) is 0 Å². The van der Waals surface area contributed by atoms with Gasteiger partial charge in [0.1, 0.15) is 12.4 Å². The fraction of sp³-hybridized carbons (Fsp3) is 0.400. The summed E-state index contributed by atoms with van der Waals surface area (Å²) < 4.78 is 6.88. The number of thiazole rings is 1. The number of rotatable bonds is 5. The molecule has 0 aliphatic rings. The van der Waals surface area contributed by atoms with E-state index >= 15 is 0 Å². The normalized spacial score (nSPS) is 12.7. The monoisotopic (exact) mass is 354 g/mol. The summed E-state index contributed by atoms with van der Waals surface area (Å²) in [6.07, 6.45) is 0. The number of nitrogens with two attached hydrogens (primary N) is 1. The number of ether oxygens (including phenoxy) is 1. The van der Waals surface area contributed by atoms with Gasteiger partial charge in [0.05, 0.1) is 10.7 Å². The smallest absolute Gasteiger partial charge is 0.131 e. The fourth-order valence-corrected chi connectivity index (χ4v) is 3.01. The molecule has 20 heavy (non-hydrogen) atoms. The van der Waals surface area contributed by atoms with E-state index in [1.165, 1.54) is 0 Å². The lowest BCUT2D eigenvalue weighted by atomic mass is 10.1. The molecule has 1 aromatic carbocycles. The van der Waals surface area contributed by atoms with Gasteiger partial charge in [-0.25, -0.2) is 4.98 Å². The Kier molecular flexibility index (Phi) is 5.18. The summed E-state index contributed by atoms with van der Waals surface area (Å²) in [5, 5.41) is 3.20. The number of benzene rings is 1.